The van der Waals surface area contributed by atoms with E-state index in [1.54, 1.807) is 6.08 Å². The molecule has 100 valence electrons. The van der Waals surface area contributed by atoms with Crippen LogP contribution in [0.2, 0.25) is 0 Å². The number of allylic oxidation sites excluding steroid dienone is 2. The van der Waals surface area contributed by atoms with Crippen LogP contribution < -0.4 is 0 Å². The van der Waals surface area contributed by atoms with E-state index >= 15 is 0 Å². The van der Waals surface area contributed by atoms with E-state index in [9.17, 15) is 15.0 Å². The molecule has 0 unspecified atom stereocenters. The number of unbranched alkanes of at least 4 members (excludes halogenated alkanes) is 3. The maximum atomic E-state index is 11.9. The van der Waals surface area contributed by atoms with Gasteiger partial charge in [-0.3, -0.25) is 4.79 Å². The Kier molecular flexibility index (Phi) is 4.32. The summed E-state index contributed by atoms with van der Waals surface area (Å²) in [6.07, 6.45) is 6.23. The standard InChI is InChI=1S/C14H20O4/c1-2-3-4-5-6-7-9-10(8-15)12(17)14-13(18-14)11(9)16/h6-7,12-15,17H,2-5,8H2,1H3/t12-,13+,14+/m0/s1. The summed E-state index contributed by atoms with van der Waals surface area (Å²) in [6, 6.07) is 0. The van der Waals surface area contributed by atoms with Crippen molar-refractivity contribution in [2.75, 3.05) is 6.61 Å². The van der Waals surface area contributed by atoms with Gasteiger partial charge in [0.15, 0.2) is 5.78 Å². The van der Waals surface area contributed by atoms with Gasteiger partial charge < -0.3 is 14.9 Å². The lowest BCUT2D eigenvalue weighted by Gasteiger charge is -2.18. The number of epoxide rings is 1. The Morgan fingerprint density at radius 2 is 2.17 bits per heavy atom. The van der Waals surface area contributed by atoms with Gasteiger partial charge in [-0.15, -0.1) is 0 Å². The molecule has 1 aliphatic heterocycles. The molecule has 0 saturated carbocycles. The fourth-order valence-electron chi connectivity index (χ4n) is 2.33. The van der Waals surface area contributed by atoms with E-state index in [0.29, 0.717) is 11.1 Å². The molecule has 3 atom stereocenters. The fourth-order valence-corrected chi connectivity index (χ4v) is 2.33. The lowest BCUT2D eigenvalue weighted by molar-refractivity contribution is -0.116. The highest BCUT2D eigenvalue weighted by Crippen LogP contribution is 2.38. The van der Waals surface area contributed by atoms with Gasteiger partial charge in [0.25, 0.3) is 0 Å². The maximum absolute atomic E-state index is 11.9. The molecule has 0 radical (unpaired) electrons. The van der Waals surface area contributed by atoms with E-state index in [2.05, 4.69) is 6.92 Å². The van der Waals surface area contributed by atoms with Gasteiger partial charge in [-0.05, 0) is 18.4 Å². The number of ether oxygens (including phenoxy) is 1. The molecular weight excluding hydrogens is 232 g/mol. The van der Waals surface area contributed by atoms with Crippen molar-refractivity contribution in [1.82, 2.24) is 0 Å². The third-order valence-electron chi connectivity index (χ3n) is 3.49. The average molecular weight is 252 g/mol. The molecule has 4 nitrogen and oxygen atoms in total. The molecule has 0 aromatic carbocycles. The number of ketones is 1. The predicted molar refractivity (Wildman–Crippen MR) is 67.1 cm³/mol. The minimum Gasteiger partial charge on any atom is -0.392 e. The second kappa shape index (κ2) is 5.78. The molecule has 2 N–H and O–H groups in total. The molecule has 18 heavy (non-hydrogen) atoms. The number of aliphatic hydroxyl groups is 2. The minimum atomic E-state index is -0.840. The second-order valence-electron chi connectivity index (χ2n) is 4.83. The lowest BCUT2D eigenvalue weighted by Crippen LogP contribution is -2.32. The number of fused-ring (bicyclic) bond motifs is 1. The minimum absolute atomic E-state index is 0.110. The summed E-state index contributed by atoms with van der Waals surface area (Å²) in [5.41, 5.74) is 0.825. The number of rotatable bonds is 6. The molecule has 0 amide bonds. The Morgan fingerprint density at radius 1 is 1.39 bits per heavy atom. The Morgan fingerprint density at radius 3 is 2.83 bits per heavy atom. The number of hydrogen-bond acceptors (Lipinski definition) is 4. The van der Waals surface area contributed by atoms with Crippen molar-refractivity contribution in [2.45, 2.75) is 50.9 Å². The van der Waals surface area contributed by atoms with Gasteiger partial charge in [0.05, 0.1) is 6.61 Å². The average Bonchev–Trinajstić information content (AvgIpc) is 3.15. The summed E-state index contributed by atoms with van der Waals surface area (Å²) in [4.78, 5) is 11.9. The number of carbonyl (C=O) groups excluding carboxylic acids is 1. The zero-order chi connectivity index (χ0) is 13.1. The van der Waals surface area contributed by atoms with Gasteiger partial charge in [-0.2, -0.15) is 0 Å². The Hall–Kier alpha value is -0.970. The van der Waals surface area contributed by atoms with Gasteiger partial charge in [0.1, 0.15) is 18.3 Å². The third kappa shape index (κ3) is 2.55. The lowest BCUT2D eigenvalue weighted by atomic mass is 9.88. The molecule has 1 aliphatic carbocycles. The first-order valence-corrected chi connectivity index (χ1v) is 6.58. The molecular formula is C14H20O4. The largest absolute Gasteiger partial charge is 0.392 e. The van der Waals surface area contributed by atoms with Crippen LogP contribution in [0.3, 0.4) is 0 Å². The quantitative estimate of drug-likeness (QED) is 0.549. The monoisotopic (exact) mass is 252 g/mol. The molecule has 1 heterocycles. The predicted octanol–water partition coefficient (Wildman–Crippen LogP) is 1.12. The zero-order valence-electron chi connectivity index (χ0n) is 10.6. The van der Waals surface area contributed by atoms with Crippen LogP contribution in [0.15, 0.2) is 23.3 Å². The van der Waals surface area contributed by atoms with E-state index < -0.39 is 18.3 Å². The van der Waals surface area contributed by atoms with Crippen molar-refractivity contribution >= 4 is 5.78 Å². The summed E-state index contributed by atoms with van der Waals surface area (Å²) in [7, 11) is 0. The van der Waals surface area contributed by atoms with Gasteiger partial charge in [-0.1, -0.05) is 31.9 Å². The van der Waals surface area contributed by atoms with Gasteiger partial charge in [0.2, 0.25) is 0 Å². The summed E-state index contributed by atoms with van der Waals surface area (Å²) in [5, 5.41) is 19.1. The Labute approximate surface area is 107 Å². The maximum Gasteiger partial charge on any atom is 0.194 e. The molecule has 0 aromatic heterocycles. The number of Topliss-reactive ketones (excluding diaryl/α,β-unsaturated/α-hetero) is 1. The van der Waals surface area contributed by atoms with Crippen molar-refractivity contribution in [1.29, 1.82) is 0 Å². The van der Waals surface area contributed by atoms with Crippen LogP contribution in [0.4, 0.5) is 0 Å². The van der Waals surface area contributed by atoms with Crippen LogP contribution in [0, 0.1) is 0 Å². The summed E-state index contributed by atoms with van der Waals surface area (Å²) < 4.78 is 5.12. The highest BCUT2D eigenvalue weighted by molar-refractivity contribution is 6.05. The Balaban J connectivity index is 2.05. The molecule has 1 saturated heterocycles. The van der Waals surface area contributed by atoms with Crippen LogP contribution in [0.5, 0.6) is 0 Å². The van der Waals surface area contributed by atoms with Gasteiger partial charge in [0, 0.05) is 5.57 Å². The smallest absolute Gasteiger partial charge is 0.194 e. The molecule has 4 heteroatoms. The van der Waals surface area contributed by atoms with Gasteiger partial charge >= 0.3 is 0 Å². The highest BCUT2D eigenvalue weighted by Gasteiger charge is 2.55. The first kappa shape index (κ1) is 13.5. The first-order valence-electron chi connectivity index (χ1n) is 6.58. The van der Waals surface area contributed by atoms with E-state index in [1.165, 1.54) is 6.42 Å². The second-order valence-corrected chi connectivity index (χ2v) is 4.83. The van der Waals surface area contributed by atoms with Gasteiger partial charge in [-0.25, -0.2) is 0 Å². The van der Waals surface area contributed by atoms with Crippen molar-refractivity contribution < 1.29 is 19.7 Å². The van der Waals surface area contributed by atoms with Crippen molar-refractivity contribution in [3.05, 3.63) is 23.3 Å². The van der Waals surface area contributed by atoms with Crippen LogP contribution in [0.25, 0.3) is 0 Å². The topological polar surface area (TPSA) is 70.1 Å². The van der Waals surface area contributed by atoms with Crippen LogP contribution >= 0.6 is 0 Å². The zero-order valence-corrected chi connectivity index (χ0v) is 10.6. The molecule has 2 rings (SSSR count). The molecule has 0 bridgehead atoms. The van der Waals surface area contributed by atoms with E-state index in [0.717, 1.165) is 19.3 Å². The molecule has 2 aliphatic rings. The van der Waals surface area contributed by atoms with Crippen LogP contribution in [-0.2, 0) is 9.53 Å². The van der Waals surface area contributed by atoms with Crippen molar-refractivity contribution in [3.63, 3.8) is 0 Å². The summed E-state index contributed by atoms with van der Waals surface area (Å²) in [6.45, 7) is 1.84. The Bertz CT molecular complexity index is 383. The molecule has 1 fully saturated rings. The number of hydrogen-bond donors (Lipinski definition) is 2. The first-order chi connectivity index (χ1) is 8.70. The van der Waals surface area contributed by atoms with Crippen LogP contribution in [-0.4, -0.2) is 40.9 Å². The fraction of sp³-hybridized carbons (Fsp3) is 0.643. The van der Waals surface area contributed by atoms with Crippen molar-refractivity contribution in [3.8, 4) is 0 Å². The molecule has 0 spiro atoms. The number of carbonyl (C=O) groups is 1. The van der Waals surface area contributed by atoms with E-state index in [1.807, 2.05) is 6.08 Å². The van der Waals surface area contributed by atoms with E-state index in [4.69, 9.17) is 4.74 Å². The van der Waals surface area contributed by atoms with Crippen molar-refractivity contribution in [2.24, 2.45) is 0 Å². The molecule has 0 aromatic rings. The van der Waals surface area contributed by atoms with Crippen LogP contribution in [0.1, 0.15) is 32.6 Å². The highest BCUT2D eigenvalue weighted by atomic mass is 16.6. The SMILES string of the molecule is CCCCCC=CC1=C(CO)[C@H](O)[C@H]2O[C@@H]2C1=O. The third-order valence-corrected chi connectivity index (χ3v) is 3.49. The normalized spacial score (nSPS) is 31.1. The summed E-state index contributed by atoms with van der Waals surface area (Å²) in [5.74, 6) is -0.110. The number of aliphatic hydroxyl groups excluding tert-OH is 2. The summed E-state index contributed by atoms with van der Waals surface area (Å²) >= 11 is 0. The van der Waals surface area contributed by atoms with E-state index in [-0.39, 0.29) is 12.4 Å².